The van der Waals surface area contributed by atoms with Crippen LogP contribution >= 0.6 is 11.8 Å². The Morgan fingerprint density at radius 1 is 0.923 bits per heavy atom. The second-order valence-corrected chi connectivity index (χ2v) is 7.90. The third-order valence-electron chi connectivity index (χ3n) is 4.74. The number of aliphatic hydroxyl groups is 1. The van der Waals surface area contributed by atoms with E-state index >= 15 is 0 Å². The molecule has 4 heteroatoms. The molecule has 1 aliphatic heterocycles. The number of ether oxygens (including phenoxy) is 1. The zero-order valence-corrected chi connectivity index (χ0v) is 16.8. The van der Waals surface area contributed by atoms with E-state index in [1.807, 2.05) is 24.3 Å². The molecule has 1 aliphatic rings. The van der Waals surface area contributed by atoms with Gasteiger partial charge in [0.1, 0.15) is 11.5 Å². The molecule has 0 spiro atoms. The van der Waals surface area contributed by atoms with Crippen LogP contribution < -0.4 is 4.74 Å². The van der Waals surface area contributed by atoms with Crippen LogP contribution in [0.25, 0.3) is 5.57 Å². The molecule has 1 aromatic carbocycles. The first-order valence-corrected chi connectivity index (χ1v) is 11.0. The van der Waals surface area contributed by atoms with Crippen LogP contribution in [0.4, 0.5) is 0 Å². The summed E-state index contributed by atoms with van der Waals surface area (Å²) in [5.74, 6) is 1.38. The highest BCUT2D eigenvalue weighted by atomic mass is 32.2. The molecule has 0 bridgehead atoms. The predicted molar refractivity (Wildman–Crippen MR) is 111 cm³/mol. The molecule has 144 valence electrons. The van der Waals surface area contributed by atoms with Crippen molar-refractivity contribution < 1.29 is 14.6 Å². The smallest absolute Gasteiger partial charge is 0.223 e. The standard InChI is InChI=1S/C22H32O3S/c1-2-3-4-5-6-7-8-9-10-11-16-25-19-14-12-18(13-15-19)21-20(23)17-26-22(21)24/h12-15,23H,2-11,16-17H2,1H3. The topological polar surface area (TPSA) is 46.5 Å². The zero-order chi connectivity index (χ0) is 18.6. The molecular weight excluding hydrogens is 344 g/mol. The molecule has 0 saturated carbocycles. The lowest BCUT2D eigenvalue weighted by Gasteiger charge is -2.08. The lowest BCUT2D eigenvalue weighted by atomic mass is 10.1. The SMILES string of the molecule is CCCCCCCCCCCCOc1ccc(C2=C(O)CSC2=O)cc1. The van der Waals surface area contributed by atoms with Gasteiger partial charge in [-0.25, -0.2) is 0 Å². The van der Waals surface area contributed by atoms with Crippen LogP contribution in [-0.4, -0.2) is 22.6 Å². The van der Waals surface area contributed by atoms with Crippen molar-refractivity contribution in [1.82, 2.24) is 0 Å². The number of thioether (sulfide) groups is 1. The number of hydrogen-bond donors (Lipinski definition) is 1. The summed E-state index contributed by atoms with van der Waals surface area (Å²) in [7, 11) is 0. The second-order valence-electron chi connectivity index (χ2n) is 6.95. The number of unbranched alkanes of at least 4 members (excludes halogenated alkanes) is 9. The van der Waals surface area contributed by atoms with Gasteiger partial charge in [-0.2, -0.15) is 0 Å². The van der Waals surface area contributed by atoms with Crippen LogP contribution in [0.1, 0.15) is 76.7 Å². The van der Waals surface area contributed by atoms with Gasteiger partial charge in [-0.1, -0.05) is 88.6 Å². The summed E-state index contributed by atoms with van der Waals surface area (Å²) in [5, 5.41) is 9.75. The average Bonchev–Trinajstić information content (AvgIpc) is 2.99. The monoisotopic (exact) mass is 376 g/mol. The van der Waals surface area contributed by atoms with E-state index in [1.165, 1.54) is 57.8 Å². The van der Waals surface area contributed by atoms with Crippen LogP contribution in [0.15, 0.2) is 30.0 Å². The van der Waals surface area contributed by atoms with Gasteiger partial charge in [0.25, 0.3) is 0 Å². The highest BCUT2D eigenvalue weighted by Crippen LogP contribution is 2.33. The van der Waals surface area contributed by atoms with Crippen molar-refractivity contribution in [3.05, 3.63) is 35.6 Å². The van der Waals surface area contributed by atoms with Crippen LogP contribution in [0.2, 0.25) is 0 Å². The van der Waals surface area contributed by atoms with Gasteiger partial charge in [0.15, 0.2) is 0 Å². The molecule has 0 amide bonds. The maximum atomic E-state index is 11.8. The first-order chi connectivity index (χ1) is 12.7. The summed E-state index contributed by atoms with van der Waals surface area (Å²) in [6.45, 7) is 2.99. The van der Waals surface area contributed by atoms with E-state index in [9.17, 15) is 9.90 Å². The van der Waals surface area contributed by atoms with Gasteiger partial charge in [0.2, 0.25) is 5.12 Å². The van der Waals surface area contributed by atoms with Gasteiger partial charge in [-0.15, -0.1) is 0 Å². The van der Waals surface area contributed by atoms with Crippen molar-refractivity contribution in [2.24, 2.45) is 0 Å². The van der Waals surface area contributed by atoms with Crippen LogP contribution in [0.3, 0.4) is 0 Å². The third kappa shape index (κ3) is 7.06. The number of benzene rings is 1. The predicted octanol–water partition coefficient (Wildman–Crippen LogP) is 6.53. The van der Waals surface area contributed by atoms with Crippen molar-refractivity contribution in [3.8, 4) is 5.75 Å². The molecule has 26 heavy (non-hydrogen) atoms. The molecule has 1 heterocycles. The number of aliphatic hydroxyl groups excluding tert-OH is 1. The number of carbonyl (C=O) groups is 1. The molecular formula is C22H32O3S. The van der Waals surface area contributed by atoms with Crippen molar-refractivity contribution in [2.75, 3.05) is 12.4 Å². The maximum Gasteiger partial charge on any atom is 0.223 e. The average molecular weight is 377 g/mol. The molecule has 1 N–H and O–H groups in total. The fourth-order valence-electron chi connectivity index (χ4n) is 3.18. The van der Waals surface area contributed by atoms with Crippen LogP contribution in [0.5, 0.6) is 5.75 Å². The molecule has 0 fully saturated rings. The lowest BCUT2D eigenvalue weighted by Crippen LogP contribution is -1.98. The summed E-state index contributed by atoms with van der Waals surface area (Å²) < 4.78 is 5.78. The van der Waals surface area contributed by atoms with Gasteiger partial charge >= 0.3 is 0 Å². The molecule has 0 saturated heterocycles. The summed E-state index contributed by atoms with van der Waals surface area (Å²) >= 11 is 1.15. The van der Waals surface area contributed by atoms with Gasteiger partial charge in [0.05, 0.1) is 17.9 Å². The molecule has 0 unspecified atom stereocenters. The minimum absolute atomic E-state index is 0.0541. The number of carbonyl (C=O) groups excluding carboxylic acids is 1. The Kier molecular flexibility index (Phi) is 9.68. The maximum absolute atomic E-state index is 11.8. The second kappa shape index (κ2) is 12.1. The minimum atomic E-state index is -0.0541. The largest absolute Gasteiger partial charge is 0.511 e. The van der Waals surface area contributed by atoms with Crippen LogP contribution in [-0.2, 0) is 4.79 Å². The molecule has 3 nitrogen and oxygen atoms in total. The highest BCUT2D eigenvalue weighted by molar-refractivity contribution is 8.15. The Morgan fingerprint density at radius 2 is 1.50 bits per heavy atom. The molecule has 0 aliphatic carbocycles. The first kappa shape index (κ1) is 20.9. The summed E-state index contributed by atoms with van der Waals surface area (Å²) in [6.07, 6.45) is 13.2. The van der Waals surface area contributed by atoms with Crippen LogP contribution in [0, 0.1) is 0 Å². The molecule has 0 aromatic heterocycles. The molecule has 2 rings (SSSR count). The van der Waals surface area contributed by atoms with E-state index in [2.05, 4.69) is 6.92 Å². The van der Waals surface area contributed by atoms with Crippen molar-refractivity contribution >= 4 is 22.5 Å². The lowest BCUT2D eigenvalue weighted by molar-refractivity contribution is -0.106. The number of hydrogen-bond acceptors (Lipinski definition) is 4. The Bertz CT molecular complexity index is 578. The number of rotatable bonds is 13. The molecule has 0 atom stereocenters. The van der Waals surface area contributed by atoms with E-state index in [0.29, 0.717) is 11.3 Å². The van der Waals surface area contributed by atoms with Crippen molar-refractivity contribution in [3.63, 3.8) is 0 Å². The molecule has 0 radical (unpaired) electrons. The summed E-state index contributed by atoms with van der Waals surface area (Å²) in [6, 6.07) is 7.46. The van der Waals surface area contributed by atoms with Gasteiger partial charge < -0.3 is 9.84 Å². The Morgan fingerprint density at radius 3 is 2.04 bits per heavy atom. The normalized spacial score (nSPS) is 14.3. The fraction of sp³-hybridized carbons (Fsp3) is 0.591. The fourth-order valence-corrected chi connectivity index (χ4v) is 3.97. The third-order valence-corrected chi connectivity index (χ3v) is 5.63. The summed E-state index contributed by atoms with van der Waals surface area (Å²) in [5.41, 5.74) is 1.21. The van der Waals surface area contributed by atoms with Gasteiger partial charge in [0, 0.05) is 0 Å². The zero-order valence-electron chi connectivity index (χ0n) is 16.0. The van der Waals surface area contributed by atoms with E-state index in [4.69, 9.17) is 4.74 Å². The van der Waals surface area contributed by atoms with Gasteiger partial charge in [-0.3, -0.25) is 4.79 Å². The van der Waals surface area contributed by atoms with Gasteiger partial charge in [-0.05, 0) is 24.1 Å². The Labute approximate surface area is 162 Å². The quantitative estimate of drug-likeness (QED) is 0.398. The van der Waals surface area contributed by atoms with E-state index in [0.717, 1.165) is 36.1 Å². The highest BCUT2D eigenvalue weighted by Gasteiger charge is 2.24. The Hall–Kier alpha value is -1.42. The minimum Gasteiger partial charge on any atom is -0.511 e. The van der Waals surface area contributed by atoms with E-state index < -0.39 is 0 Å². The Balaban J connectivity index is 1.55. The van der Waals surface area contributed by atoms with Crippen molar-refractivity contribution in [1.29, 1.82) is 0 Å². The van der Waals surface area contributed by atoms with E-state index in [1.54, 1.807) is 0 Å². The molecule has 1 aromatic rings. The van der Waals surface area contributed by atoms with Crippen molar-refractivity contribution in [2.45, 2.75) is 71.1 Å². The van der Waals surface area contributed by atoms with E-state index in [-0.39, 0.29) is 10.9 Å². The first-order valence-electron chi connectivity index (χ1n) is 10.0. The summed E-state index contributed by atoms with van der Waals surface area (Å²) in [4.78, 5) is 11.8.